The van der Waals surface area contributed by atoms with Gasteiger partial charge in [-0.1, -0.05) is 26.0 Å². The number of carboxylic acid groups (broad SMARTS) is 1. The van der Waals surface area contributed by atoms with E-state index in [9.17, 15) is 9.59 Å². The van der Waals surface area contributed by atoms with E-state index in [0.29, 0.717) is 11.0 Å². The monoisotopic (exact) mass is 286 g/mol. The molecule has 108 valence electrons. The number of aromatic nitrogens is 1. The number of nitrogens with two attached hydrogens (primary N) is 1. The highest BCUT2D eigenvalue weighted by atomic mass is 16.4. The lowest BCUT2D eigenvalue weighted by Crippen LogP contribution is -2.09. The molecule has 0 radical (unpaired) electrons. The Morgan fingerprint density at radius 3 is 2.57 bits per heavy atom. The van der Waals surface area contributed by atoms with Gasteiger partial charge in [-0.05, 0) is 18.2 Å². The van der Waals surface area contributed by atoms with Gasteiger partial charge < -0.3 is 15.3 Å². The highest BCUT2D eigenvalue weighted by molar-refractivity contribution is 5.98. The number of nitrogen functional groups attached to an aromatic ring is 1. The third-order valence-corrected chi connectivity index (χ3v) is 2.83. The minimum absolute atomic E-state index is 0.0335. The Hall–Kier alpha value is -2.89. The van der Waals surface area contributed by atoms with Crippen molar-refractivity contribution in [3.05, 3.63) is 46.1 Å². The number of fused-ring (bicyclic) bond motifs is 2. The van der Waals surface area contributed by atoms with Crippen LogP contribution in [0.15, 0.2) is 39.5 Å². The molecular weight excluding hydrogens is 272 g/mol. The number of aromatic carboxylic acids is 1. The molecule has 1 aromatic carbocycles. The molecular formula is C15H14N2O4. The molecule has 0 bridgehead atoms. The van der Waals surface area contributed by atoms with Gasteiger partial charge in [0.1, 0.15) is 17.0 Å². The zero-order valence-electron chi connectivity index (χ0n) is 11.6. The van der Waals surface area contributed by atoms with Crippen molar-refractivity contribution in [2.75, 3.05) is 5.73 Å². The first-order valence-corrected chi connectivity index (χ1v) is 6.43. The van der Waals surface area contributed by atoms with Gasteiger partial charge in [0.05, 0.1) is 10.8 Å². The van der Waals surface area contributed by atoms with Crippen LogP contribution in [-0.4, -0.2) is 16.1 Å². The summed E-state index contributed by atoms with van der Waals surface area (Å²) in [5, 5.41) is 9.45. The van der Waals surface area contributed by atoms with Crippen LogP contribution < -0.4 is 11.2 Å². The summed E-state index contributed by atoms with van der Waals surface area (Å²) in [5.74, 6) is -1.42. The van der Waals surface area contributed by atoms with Crippen LogP contribution in [0.1, 0.15) is 24.2 Å². The summed E-state index contributed by atoms with van der Waals surface area (Å²) in [6.45, 7) is 4.00. The van der Waals surface area contributed by atoms with Gasteiger partial charge in [-0.15, -0.1) is 0 Å². The molecule has 6 nitrogen and oxygen atoms in total. The van der Waals surface area contributed by atoms with Gasteiger partial charge in [-0.3, -0.25) is 4.79 Å². The maximum atomic E-state index is 12.2. The fraction of sp³-hybridized carbons (Fsp3) is 0.133. The summed E-state index contributed by atoms with van der Waals surface area (Å²) >= 11 is 0. The summed E-state index contributed by atoms with van der Waals surface area (Å²) in [6.07, 6.45) is 0. The van der Waals surface area contributed by atoms with Crippen molar-refractivity contribution in [2.45, 2.75) is 13.8 Å². The Morgan fingerprint density at radius 2 is 1.90 bits per heavy atom. The first-order chi connectivity index (χ1) is 10.1. The van der Waals surface area contributed by atoms with E-state index in [1.54, 1.807) is 24.3 Å². The quantitative estimate of drug-likeness (QED) is 0.666. The third-order valence-electron chi connectivity index (χ3n) is 2.83. The number of nitrogens with zero attached hydrogens (tertiary/aromatic N) is 1. The van der Waals surface area contributed by atoms with Crippen LogP contribution in [0.25, 0.3) is 22.1 Å². The predicted octanol–water partition coefficient (Wildman–Crippen LogP) is 2.65. The SMILES string of the molecule is CC.Nc1nc2oc3ccccc3c(=O)c2cc1C(=O)O. The third kappa shape index (κ3) is 2.43. The molecule has 0 unspecified atom stereocenters. The Balaban J connectivity index is 0.000000774. The van der Waals surface area contributed by atoms with Gasteiger partial charge in [-0.2, -0.15) is 4.98 Å². The molecule has 0 aliphatic rings. The van der Waals surface area contributed by atoms with E-state index in [4.69, 9.17) is 15.3 Å². The summed E-state index contributed by atoms with van der Waals surface area (Å²) in [7, 11) is 0. The van der Waals surface area contributed by atoms with E-state index in [0.717, 1.165) is 0 Å². The van der Waals surface area contributed by atoms with E-state index in [1.807, 2.05) is 13.8 Å². The average molecular weight is 286 g/mol. The van der Waals surface area contributed by atoms with Crippen molar-refractivity contribution in [3.63, 3.8) is 0 Å². The molecule has 6 heteroatoms. The Morgan fingerprint density at radius 1 is 1.24 bits per heavy atom. The van der Waals surface area contributed by atoms with Gasteiger partial charge in [0, 0.05) is 0 Å². The van der Waals surface area contributed by atoms with Crippen LogP contribution >= 0.6 is 0 Å². The average Bonchev–Trinajstić information content (AvgIpc) is 2.48. The van der Waals surface area contributed by atoms with Crippen molar-refractivity contribution >= 4 is 33.9 Å². The number of hydrogen-bond acceptors (Lipinski definition) is 5. The molecule has 0 amide bonds. The number of carboxylic acids is 1. The van der Waals surface area contributed by atoms with E-state index in [-0.39, 0.29) is 27.9 Å². The van der Waals surface area contributed by atoms with Crippen molar-refractivity contribution < 1.29 is 14.3 Å². The highest BCUT2D eigenvalue weighted by Gasteiger charge is 2.15. The number of hydrogen-bond donors (Lipinski definition) is 2. The van der Waals surface area contributed by atoms with Crippen LogP contribution in [0.5, 0.6) is 0 Å². The van der Waals surface area contributed by atoms with E-state index in [2.05, 4.69) is 4.98 Å². The van der Waals surface area contributed by atoms with Crippen LogP contribution in [0.3, 0.4) is 0 Å². The lowest BCUT2D eigenvalue weighted by molar-refractivity contribution is 0.0698. The van der Waals surface area contributed by atoms with E-state index < -0.39 is 5.97 Å². The molecule has 0 spiro atoms. The molecule has 3 N–H and O–H groups in total. The number of carbonyl (C=O) groups is 1. The first-order valence-electron chi connectivity index (χ1n) is 6.43. The molecule has 21 heavy (non-hydrogen) atoms. The van der Waals surface area contributed by atoms with Gasteiger partial charge in [-0.25, -0.2) is 4.79 Å². The molecule has 0 saturated carbocycles. The summed E-state index contributed by atoms with van der Waals surface area (Å²) in [5.41, 5.74) is 5.41. The van der Waals surface area contributed by atoms with E-state index >= 15 is 0 Å². The zero-order valence-corrected chi connectivity index (χ0v) is 11.6. The molecule has 0 atom stereocenters. The molecule has 3 aromatic rings. The summed E-state index contributed by atoms with van der Waals surface area (Å²) in [6, 6.07) is 7.87. The standard InChI is InChI=1S/C13H8N2O4.C2H6/c14-11-8(13(17)18)5-7-10(16)6-3-1-2-4-9(6)19-12(7)15-11;1-2/h1-5H,(H2,14,15)(H,17,18);1-2H3. The molecule has 0 saturated heterocycles. The lowest BCUT2D eigenvalue weighted by atomic mass is 10.1. The van der Waals surface area contributed by atoms with Crippen LogP contribution in [0.2, 0.25) is 0 Å². The highest BCUT2D eigenvalue weighted by Crippen LogP contribution is 2.20. The minimum atomic E-state index is -1.24. The maximum absolute atomic E-state index is 12.2. The van der Waals surface area contributed by atoms with Gasteiger partial charge >= 0.3 is 5.97 Å². The summed E-state index contributed by atoms with van der Waals surface area (Å²) in [4.78, 5) is 27.1. The Labute approximate surface area is 119 Å². The fourth-order valence-corrected chi connectivity index (χ4v) is 1.91. The minimum Gasteiger partial charge on any atom is -0.478 e. The summed E-state index contributed by atoms with van der Waals surface area (Å²) < 4.78 is 5.46. The topological polar surface area (TPSA) is 106 Å². The van der Waals surface area contributed by atoms with Crippen molar-refractivity contribution in [1.29, 1.82) is 0 Å². The Kier molecular flexibility index (Phi) is 3.89. The van der Waals surface area contributed by atoms with Crippen molar-refractivity contribution in [2.24, 2.45) is 0 Å². The molecule has 2 heterocycles. The number of pyridine rings is 1. The molecule has 3 rings (SSSR count). The van der Waals surface area contributed by atoms with Crippen LogP contribution in [0, 0.1) is 0 Å². The van der Waals surface area contributed by atoms with Crippen LogP contribution in [-0.2, 0) is 0 Å². The number of benzene rings is 1. The second-order valence-corrected chi connectivity index (χ2v) is 4.01. The lowest BCUT2D eigenvalue weighted by Gasteiger charge is -2.03. The zero-order chi connectivity index (χ0) is 15.6. The molecule has 0 aliphatic carbocycles. The molecule has 0 fully saturated rings. The molecule has 2 aromatic heterocycles. The first kappa shape index (κ1) is 14.5. The second-order valence-electron chi connectivity index (χ2n) is 4.01. The number of rotatable bonds is 1. The van der Waals surface area contributed by atoms with Crippen molar-refractivity contribution in [1.82, 2.24) is 4.98 Å². The Bertz CT molecular complexity index is 884. The van der Waals surface area contributed by atoms with Gasteiger partial charge in [0.25, 0.3) is 0 Å². The number of para-hydroxylation sites is 1. The van der Waals surface area contributed by atoms with Crippen LogP contribution in [0.4, 0.5) is 5.82 Å². The fourth-order valence-electron chi connectivity index (χ4n) is 1.91. The van der Waals surface area contributed by atoms with Gasteiger partial charge in [0.15, 0.2) is 0 Å². The molecule has 0 aliphatic heterocycles. The largest absolute Gasteiger partial charge is 0.478 e. The second kappa shape index (κ2) is 5.62. The van der Waals surface area contributed by atoms with Crippen molar-refractivity contribution in [3.8, 4) is 0 Å². The normalized spacial score (nSPS) is 10.2. The maximum Gasteiger partial charge on any atom is 0.339 e. The number of anilines is 1. The predicted molar refractivity (Wildman–Crippen MR) is 80.5 cm³/mol. The smallest absolute Gasteiger partial charge is 0.339 e. The van der Waals surface area contributed by atoms with E-state index in [1.165, 1.54) is 6.07 Å². The van der Waals surface area contributed by atoms with Gasteiger partial charge in [0.2, 0.25) is 11.1 Å².